The largest absolute Gasteiger partial charge is 0.278 e. The second-order valence-electron chi connectivity index (χ2n) is 5.89. The van der Waals surface area contributed by atoms with E-state index in [-0.39, 0.29) is 29.6 Å². The lowest BCUT2D eigenvalue weighted by Crippen LogP contribution is -2.32. The summed E-state index contributed by atoms with van der Waals surface area (Å²) in [7, 11) is 0. The van der Waals surface area contributed by atoms with E-state index in [1.165, 1.54) is 24.2 Å². The Morgan fingerprint density at radius 1 is 1.30 bits per heavy atom. The fourth-order valence-electron chi connectivity index (χ4n) is 3.45. The van der Waals surface area contributed by atoms with Crippen molar-refractivity contribution in [2.45, 2.75) is 45.4 Å². The van der Waals surface area contributed by atoms with Crippen LogP contribution in [0.1, 0.15) is 45.4 Å². The third-order valence-electron chi connectivity index (χ3n) is 4.51. The van der Waals surface area contributed by atoms with Crippen molar-refractivity contribution < 1.29 is 9.59 Å². The zero-order valence-electron chi connectivity index (χ0n) is 12.4. The molecule has 0 spiro atoms. The molecule has 0 aromatic rings. The van der Waals surface area contributed by atoms with Crippen LogP contribution in [0, 0.1) is 17.8 Å². The van der Waals surface area contributed by atoms with Crippen molar-refractivity contribution in [3.63, 3.8) is 0 Å². The van der Waals surface area contributed by atoms with Gasteiger partial charge in [-0.1, -0.05) is 50.8 Å². The number of rotatable bonds is 7. The number of unbranched alkanes of at least 4 members (excludes halogenated alkanes) is 3. The van der Waals surface area contributed by atoms with Gasteiger partial charge in [-0.3, -0.25) is 14.5 Å². The maximum atomic E-state index is 12.5. The Hall–Kier alpha value is -1.38. The van der Waals surface area contributed by atoms with Crippen LogP contribution in [-0.4, -0.2) is 23.3 Å². The van der Waals surface area contributed by atoms with E-state index in [1.54, 1.807) is 6.08 Å². The lowest BCUT2D eigenvalue weighted by atomic mass is 9.75. The zero-order chi connectivity index (χ0) is 14.5. The van der Waals surface area contributed by atoms with Gasteiger partial charge in [-0.05, 0) is 18.8 Å². The summed E-state index contributed by atoms with van der Waals surface area (Å²) in [6.45, 7) is 6.19. The molecule has 3 heteroatoms. The van der Waals surface area contributed by atoms with E-state index in [0.717, 1.165) is 12.8 Å². The fourth-order valence-corrected chi connectivity index (χ4v) is 3.45. The predicted molar refractivity (Wildman–Crippen MR) is 79.9 cm³/mol. The third kappa shape index (κ3) is 2.87. The number of likely N-dealkylation sites (tertiary alicyclic amines) is 1. The third-order valence-corrected chi connectivity index (χ3v) is 4.51. The molecular formula is C17H25NO2. The number of carbonyl (C=O) groups excluding carboxylic acids is 2. The van der Waals surface area contributed by atoms with Gasteiger partial charge in [0, 0.05) is 6.54 Å². The molecule has 1 saturated heterocycles. The first kappa shape index (κ1) is 15.0. The summed E-state index contributed by atoms with van der Waals surface area (Å²) in [5, 5.41) is 0. The maximum absolute atomic E-state index is 12.5. The molecular weight excluding hydrogens is 250 g/mol. The summed E-state index contributed by atoms with van der Waals surface area (Å²) in [5.41, 5.74) is 0. The van der Waals surface area contributed by atoms with Crippen LogP contribution >= 0.6 is 0 Å². The molecule has 2 aliphatic rings. The van der Waals surface area contributed by atoms with Crippen LogP contribution in [0.25, 0.3) is 0 Å². The van der Waals surface area contributed by atoms with Crippen molar-refractivity contribution >= 4 is 11.8 Å². The van der Waals surface area contributed by atoms with E-state index in [0.29, 0.717) is 13.0 Å². The number of nitrogens with zero attached hydrogens (tertiary/aromatic N) is 1. The number of imide groups is 1. The van der Waals surface area contributed by atoms with Gasteiger partial charge in [-0.2, -0.15) is 0 Å². The van der Waals surface area contributed by atoms with Gasteiger partial charge in [0.15, 0.2) is 0 Å². The SMILES string of the molecule is C=CCN1C(=O)C2CC=CC(CCCCCC)C2C1=O. The van der Waals surface area contributed by atoms with Crippen molar-refractivity contribution in [2.24, 2.45) is 17.8 Å². The van der Waals surface area contributed by atoms with Gasteiger partial charge in [0.25, 0.3) is 0 Å². The van der Waals surface area contributed by atoms with Crippen LogP contribution < -0.4 is 0 Å². The first-order valence-electron chi connectivity index (χ1n) is 7.83. The van der Waals surface area contributed by atoms with E-state index in [2.05, 4.69) is 25.7 Å². The first-order valence-corrected chi connectivity index (χ1v) is 7.83. The second kappa shape index (κ2) is 6.87. The molecule has 2 rings (SSSR count). The summed E-state index contributed by atoms with van der Waals surface area (Å²) in [5.74, 6) is 0.0297. The highest BCUT2D eigenvalue weighted by atomic mass is 16.2. The van der Waals surface area contributed by atoms with Gasteiger partial charge >= 0.3 is 0 Å². The minimum atomic E-state index is -0.122. The second-order valence-corrected chi connectivity index (χ2v) is 5.89. The fraction of sp³-hybridized carbons (Fsp3) is 0.647. The Morgan fingerprint density at radius 2 is 2.10 bits per heavy atom. The molecule has 0 bridgehead atoms. The van der Waals surface area contributed by atoms with Gasteiger partial charge in [-0.15, -0.1) is 6.58 Å². The van der Waals surface area contributed by atoms with Gasteiger partial charge < -0.3 is 0 Å². The maximum Gasteiger partial charge on any atom is 0.233 e. The molecule has 110 valence electrons. The Balaban J connectivity index is 2.03. The Bertz CT molecular complexity index is 413. The van der Waals surface area contributed by atoms with Crippen LogP contribution in [0.4, 0.5) is 0 Å². The standard InChI is InChI=1S/C17H25NO2/c1-3-5-6-7-9-13-10-8-11-14-15(13)17(20)18(12-4-2)16(14)19/h4,8,10,13-15H,2-3,5-7,9,11-12H2,1H3. The predicted octanol–water partition coefficient (Wildman–Crippen LogP) is 3.32. The molecule has 0 saturated carbocycles. The number of hydrogen-bond donors (Lipinski definition) is 0. The molecule has 20 heavy (non-hydrogen) atoms. The average molecular weight is 275 g/mol. The molecule has 0 N–H and O–H groups in total. The van der Waals surface area contributed by atoms with Crippen LogP contribution in [-0.2, 0) is 9.59 Å². The number of carbonyl (C=O) groups is 2. The molecule has 3 unspecified atom stereocenters. The number of amides is 2. The quantitative estimate of drug-likeness (QED) is 0.406. The van der Waals surface area contributed by atoms with E-state index in [9.17, 15) is 9.59 Å². The van der Waals surface area contributed by atoms with Gasteiger partial charge in [-0.25, -0.2) is 0 Å². The highest BCUT2D eigenvalue weighted by Crippen LogP contribution is 2.40. The smallest absolute Gasteiger partial charge is 0.233 e. The summed E-state index contributed by atoms with van der Waals surface area (Å²) in [6.07, 6.45) is 12.5. The molecule has 1 aliphatic carbocycles. The Kier molecular flexibility index (Phi) is 5.16. The molecule has 3 nitrogen and oxygen atoms in total. The normalized spacial score (nSPS) is 28.9. The first-order chi connectivity index (χ1) is 9.70. The molecule has 0 radical (unpaired) electrons. The highest BCUT2D eigenvalue weighted by molar-refractivity contribution is 6.05. The van der Waals surface area contributed by atoms with E-state index < -0.39 is 0 Å². The Labute approximate surface area is 121 Å². The summed E-state index contributed by atoms with van der Waals surface area (Å²) in [4.78, 5) is 26.1. The minimum Gasteiger partial charge on any atom is -0.278 e. The van der Waals surface area contributed by atoms with Crippen LogP contribution in [0.3, 0.4) is 0 Å². The van der Waals surface area contributed by atoms with Gasteiger partial charge in [0.1, 0.15) is 0 Å². The van der Waals surface area contributed by atoms with Crippen molar-refractivity contribution in [2.75, 3.05) is 6.54 Å². The summed E-state index contributed by atoms with van der Waals surface area (Å²) >= 11 is 0. The summed E-state index contributed by atoms with van der Waals surface area (Å²) < 4.78 is 0. The van der Waals surface area contributed by atoms with Crippen LogP contribution in [0.2, 0.25) is 0 Å². The molecule has 1 fully saturated rings. The zero-order valence-corrected chi connectivity index (χ0v) is 12.4. The van der Waals surface area contributed by atoms with Crippen molar-refractivity contribution in [3.8, 4) is 0 Å². The van der Waals surface area contributed by atoms with Crippen LogP contribution in [0.15, 0.2) is 24.8 Å². The minimum absolute atomic E-state index is 0.00260. The summed E-state index contributed by atoms with van der Waals surface area (Å²) in [6, 6.07) is 0. The monoisotopic (exact) mass is 275 g/mol. The van der Waals surface area contributed by atoms with Gasteiger partial charge in [0.2, 0.25) is 11.8 Å². The van der Waals surface area contributed by atoms with Crippen LogP contribution in [0.5, 0.6) is 0 Å². The molecule has 1 aliphatic heterocycles. The van der Waals surface area contributed by atoms with E-state index >= 15 is 0 Å². The molecule has 0 aromatic carbocycles. The number of fused-ring (bicyclic) bond motifs is 1. The number of hydrogen-bond acceptors (Lipinski definition) is 2. The van der Waals surface area contributed by atoms with Gasteiger partial charge in [0.05, 0.1) is 11.8 Å². The lowest BCUT2D eigenvalue weighted by Gasteiger charge is -2.26. The van der Waals surface area contributed by atoms with Crippen molar-refractivity contribution in [3.05, 3.63) is 24.8 Å². The van der Waals surface area contributed by atoms with Crippen molar-refractivity contribution in [1.82, 2.24) is 4.90 Å². The molecule has 0 aromatic heterocycles. The molecule has 1 heterocycles. The van der Waals surface area contributed by atoms with Crippen molar-refractivity contribution in [1.29, 1.82) is 0 Å². The molecule has 2 amide bonds. The molecule has 3 atom stereocenters. The Morgan fingerprint density at radius 3 is 2.80 bits per heavy atom. The average Bonchev–Trinajstić information content (AvgIpc) is 2.70. The van der Waals surface area contributed by atoms with E-state index in [1.807, 2.05) is 0 Å². The van der Waals surface area contributed by atoms with E-state index in [4.69, 9.17) is 0 Å². The highest BCUT2D eigenvalue weighted by Gasteiger charge is 2.50. The number of allylic oxidation sites excluding steroid dienone is 2. The lowest BCUT2D eigenvalue weighted by molar-refractivity contribution is -0.139. The topological polar surface area (TPSA) is 37.4 Å².